The van der Waals surface area contributed by atoms with Crippen LogP contribution in [0.4, 0.5) is 5.69 Å². The third kappa shape index (κ3) is 2.47. The number of nitrogen functional groups attached to an aromatic ring is 1. The number of nitrogens with zero attached hydrogens (tertiary/aromatic N) is 3. The monoisotopic (exact) mass is 242 g/mol. The van der Waals surface area contributed by atoms with Gasteiger partial charge in [-0.25, -0.2) is 9.97 Å². The number of hydrogen-bond acceptors (Lipinski definition) is 6. The van der Waals surface area contributed by atoms with Crippen LogP contribution < -0.4 is 15.2 Å². The van der Waals surface area contributed by atoms with Gasteiger partial charge in [-0.1, -0.05) is 0 Å². The summed E-state index contributed by atoms with van der Waals surface area (Å²) in [6.45, 7) is 0. The molecule has 6 nitrogen and oxygen atoms in total. The van der Waals surface area contributed by atoms with Crippen molar-refractivity contribution in [3.63, 3.8) is 0 Å². The molecule has 2 rings (SSSR count). The predicted molar refractivity (Wildman–Crippen MR) is 64.2 cm³/mol. The fourth-order valence-corrected chi connectivity index (χ4v) is 1.32. The lowest BCUT2D eigenvalue weighted by Gasteiger charge is -2.07. The van der Waals surface area contributed by atoms with Gasteiger partial charge in [0.1, 0.15) is 17.6 Å². The van der Waals surface area contributed by atoms with E-state index in [0.717, 1.165) is 0 Å². The molecule has 0 atom stereocenters. The Balaban J connectivity index is 2.18. The molecule has 1 heterocycles. The molecule has 0 aliphatic carbocycles. The van der Waals surface area contributed by atoms with Gasteiger partial charge in [-0.2, -0.15) is 5.26 Å². The zero-order valence-corrected chi connectivity index (χ0v) is 9.62. The smallest absolute Gasteiger partial charge is 0.237 e. The summed E-state index contributed by atoms with van der Waals surface area (Å²) in [5.41, 5.74) is 6.45. The minimum absolute atomic E-state index is 0.233. The van der Waals surface area contributed by atoms with E-state index >= 15 is 0 Å². The van der Waals surface area contributed by atoms with Gasteiger partial charge in [0.2, 0.25) is 5.88 Å². The molecule has 0 saturated heterocycles. The van der Waals surface area contributed by atoms with Gasteiger partial charge in [-0.15, -0.1) is 0 Å². The van der Waals surface area contributed by atoms with Gasteiger partial charge in [0.15, 0.2) is 5.69 Å². The topological polar surface area (TPSA) is 94.0 Å². The lowest BCUT2D eigenvalue weighted by Crippen LogP contribution is -1.94. The molecule has 0 saturated carbocycles. The third-order valence-corrected chi connectivity index (χ3v) is 2.17. The molecule has 2 N–H and O–H groups in total. The Kier molecular flexibility index (Phi) is 3.25. The molecule has 2 aromatic rings. The summed E-state index contributed by atoms with van der Waals surface area (Å²) < 4.78 is 10.5. The summed E-state index contributed by atoms with van der Waals surface area (Å²) in [4.78, 5) is 7.78. The number of benzene rings is 1. The molecule has 0 aliphatic heterocycles. The standard InChI is InChI=1S/C12H10N4O2/c1-17-11-3-2-9(4-10(11)14)18-12-7-15-8(5-13)6-16-12/h2-4,6-7H,14H2,1H3. The second-order valence-corrected chi connectivity index (χ2v) is 3.36. The summed E-state index contributed by atoms with van der Waals surface area (Å²) in [7, 11) is 1.54. The Morgan fingerprint density at radius 3 is 2.67 bits per heavy atom. The van der Waals surface area contributed by atoms with Crippen molar-refractivity contribution in [3.05, 3.63) is 36.3 Å². The number of anilines is 1. The zero-order chi connectivity index (χ0) is 13.0. The molecule has 0 bridgehead atoms. The van der Waals surface area contributed by atoms with Crippen molar-refractivity contribution in [2.24, 2.45) is 0 Å². The van der Waals surface area contributed by atoms with E-state index in [4.69, 9.17) is 20.5 Å². The predicted octanol–water partition coefficient (Wildman–Crippen LogP) is 1.73. The molecule has 0 amide bonds. The lowest BCUT2D eigenvalue weighted by atomic mass is 10.3. The van der Waals surface area contributed by atoms with E-state index in [9.17, 15) is 0 Å². The molecule has 0 aliphatic rings. The van der Waals surface area contributed by atoms with Crippen molar-refractivity contribution < 1.29 is 9.47 Å². The third-order valence-electron chi connectivity index (χ3n) is 2.17. The van der Waals surface area contributed by atoms with Crippen LogP contribution in [0.5, 0.6) is 17.4 Å². The maximum absolute atomic E-state index is 8.59. The van der Waals surface area contributed by atoms with Crippen LogP contribution in [0.15, 0.2) is 30.6 Å². The minimum atomic E-state index is 0.233. The molecule has 90 valence electrons. The SMILES string of the molecule is COc1ccc(Oc2cnc(C#N)cn2)cc1N. The van der Waals surface area contributed by atoms with Crippen molar-refractivity contribution in [1.29, 1.82) is 5.26 Å². The Morgan fingerprint density at radius 2 is 2.11 bits per heavy atom. The van der Waals surface area contributed by atoms with E-state index in [2.05, 4.69) is 9.97 Å². The number of aromatic nitrogens is 2. The highest BCUT2D eigenvalue weighted by Crippen LogP contribution is 2.28. The Bertz CT molecular complexity index is 590. The fraction of sp³-hybridized carbons (Fsp3) is 0.0833. The highest BCUT2D eigenvalue weighted by molar-refractivity contribution is 5.56. The van der Waals surface area contributed by atoms with Crippen LogP contribution in [0.2, 0.25) is 0 Å². The van der Waals surface area contributed by atoms with E-state index in [1.807, 2.05) is 6.07 Å². The first kappa shape index (κ1) is 11.7. The minimum Gasteiger partial charge on any atom is -0.495 e. The van der Waals surface area contributed by atoms with Crippen LogP contribution in [-0.4, -0.2) is 17.1 Å². The lowest BCUT2D eigenvalue weighted by molar-refractivity contribution is 0.414. The fourth-order valence-electron chi connectivity index (χ4n) is 1.32. The number of ether oxygens (including phenoxy) is 2. The van der Waals surface area contributed by atoms with E-state index < -0.39 is 0 Å². The Morgan fingerprint density at radius 1 is 1.28 bits per heavy atom. The molecule has 6 heteroatoms. The van der Waals surface area contributed by atoms with E-state index in [-0.39, 0.29) is 5.69 Å². The van der Waals surface area contributed by atoms with Crippen LogP contribution in [0, 0.1) is 11.3 Å². The van der Waals surface area contributed by atoms with Crippen LogP contribution in [-0.2, 0) is 0 Å². The van der Waals surface area contributed by atoms with Crippen molar-refractivity contribution >= 4 is 5.69 Å². The van der Waals surface area contributed by atoms with Gasteiger partial charge in [0.05, 0.1) is 25.2 Å². The largest absolute Gasteiger partial charge is 0.495 e. The van der Waals surface area contributed by atoms with Crippen molar-refractivity contribution in [2.45, 2.75) is 0 Å². The molecule has 18 heavy (non-hydrogen) atoms. The molecule has 0 unspecified atom stereocenters. The van der Waals surface area contributed by atoms with Crippen LogP contribution in [0.25, 0.3) is 0 Å². The number of methoxy groups -OCH3 is 1. The normalized spacial score (nSPS) is 9.56. The first-order chi connectivity index (χ1) is 8.72. The van der Waals surface area contributed by atoms with Crippen LogP contribution in [0.3, 0.4) is 0 Å². The van der Waals surface area contributed by atoms with Crippen LogP contribution >= 0.6 is 0 Å². The van der Waals surface area contributed by atoms with E-state index in [1.54, 1.807) is 18.2 Å². The average molecular weight is 242 g/mol. The van der Waals surface area contributed by atoms with Gasteiger partial charge in [0.25, 0.3) is 0 Å². The summed E-state index contributed by atoms with van der Waals surface area (Å²) in [6.07, 6.45) is 2.71. The second kappa shape index (κ2) is 5.01. The summed E-state index contributed by atoms with van der Waals surface area (Å²) in [6, 6.07) is 6.90. The number of nitriles is 1. The molecule has 1 aromatic carbocycles. The Labute approximate surface area is 104 Å². The van der Waals surface area contributed by atoms with Gasteiger partial charge in [-0.3, -0.25) is 0 Å². The number of hydrogen-bond donors (Lipinski definition) is 1. The summed E-state index contributed by atoms with van der Waals surface area (Å²) in [5.74, 6) is 1.39. The second-order valence-electron chi connectivity index (χ2n) is 3.36. The quantitative estimate of drug-likeness (QED) is 0.823. The average Bonchev–Trinajstić information content (AvgIpc) is 2.40. The van der Waals surface area contributed by atoms with Crippen molar-refractivity contribution in [3.8, 4) is 23.4 Å². The van der Waals surface area contributed by atoms with Gasteiger partial charge in [-0.05, 0) is 12.1 Å². The molecule has 1 aromatic heterocycles. The van der Waals surface area contributed by atoms with Gasteiger partial charge >= 0.3 is 0 Å². The molecule has 0 fully saturated rings. The van der Waals surface area contributed by atoms with Gasteiger partial charge < -0.3 is 15.2 Å². The molecular weight excluding hydrogens is 232 g/mol. The highest BCUT2D eigenvalue weighted by Gasteiger charge is 2.04. The molecule has 0 radical (unpaired) electrons. The maximum Gasteiger partial charge on any atom is 0.237 e. The van der Waals surface area contributed by atoms with Gasteiger partial charge in [0, 0.05) is 6.07 Å². The first-order valence-electron chi connectivity index (χ1n) is 5.06. The zero-order valence-electron chi connectivity index (χ0n) is 9.62. The van der Waals surface area contributed by atoms with Crippen molar-refractivity contribution in [1.82, 2.24) is 9.97 Å². The number of rotatable bonds is 3. The van der Waals surface area contributed by atoms with E-state index in [0.29, 0.717) is 23.1 Å². The number of nitrogens with two attached hydrogens (primary N) is 1. The van der Waals surface area contributed by atoms with Crippen molar-refractivity contribution in [2.75, 3.05) is 12.8 Å². The summed E-state index contributed by atoms with van der Waals surface area (Å²) >= 11 is 0. The summed E-state index contributed by atoms with van der Waals surface area (Å²) in [5, 5.41) is 8.59. The first-order valence-corrected chi connectivity index (χ1v) is 5.06. The molecular formula is C12H10N4O2. The highest BCUT2D eigenvalue weighted by atomic mass is 16.5. The van der Waals surface area contributed by atoms with Crippen LogP contribution in [0.1, 0.15) is 5.69 Å². The maximum atomic E-state index is 8.59. The van der Waals surface area contributed by atoms with E-state index in [1.165, 1.54) is 19.5 Å². The Hall–Kier alpha value is -2.81. The molecule has 0 spiro atoms.